The SMILES string of the molecule is NNc1cc(N2CCCC2CCCO)cc([N+](=O)[O-])c1. The third-order valence-electron chi connectivity index (χ3n) is 3.68. The summed E-state index contributed by atoms with van der Waals surface area (Å²) in [5.41, 5.74) is 3.85. The van der Waals surface area contributed by atoms with Gasteiger partial charge >= 0.3 is 0 Å². The van der Waals surface area contributed by atoms with Gasteiger partial charge in [0, 0.05) is 37.0 Å². The molecule has 4 N–H and O–H groups in total. The number of hydrazine groups is 1. The van der Waals surface area contributed by atoms with E-state index in [-0.39, 0.29) is 12.3 Å². The summed E-state index contributed by atoms with van der Waals surface area (Å²) >= 11 is 0. The van der Waals surface area contributed by atoms with Crippen LogP contribution in [0.4, 0.5) is 17.1 Å². The Bertz CT molecular complexity index is 481. The molecule has 0 saturated carbocycles. The molecular formula is C13H20N4O3. The number of nitro benzene ring substituents is 1. The van der Waals surface area contributed by atoms with Crippen LogP contribution in [0.25, 0.3) is 0 Å². The van der Waals surface area contributed by atoms with Crippen LogP contribution in [0.15, 0.2) is 18.2 Å². The van der Waals surface area contributed by atoms with E-state index < -0.39 is 4.92 Å². The summed E-state index contributed by atoms with van der Waals surface area (Å²) in [7, 11) is 0. The van der Waals surface area contributed by atoms with Crippen LogP contribution in [-0.4, -0.2) is 29.2 Å². The summed E-state index contributed by atoms with van der Waals surface area (Å²) in [5.74, 6) is 5.38. The number of aliphatic hydroxyl groups excluding tert-OH is 1. The molecule has 0 aliphatic carbocycles. The largest absolute Gasteiger partial charge is 0.396 e. The van der Waals surface area contributed by atoms with E-state index in [9.17, 15) is 10.1 Å². The van der Waals surface area contributed by atoms with Gasteiger partial charge in [0.05, 0.1) is 10.6 Å². The first-order chi connectivity index (χ1) is 9.65. The van der Waals surface area contributed by atoms with Crippen LogP contribution in [0.2, 0.25) is 0 Å². The summed E-state index contributed by atoms with van der Waals surface area (Å²) in [6.45, 7) is 1.05. The van der Waals surface area contributed by atoms with Crippen LogP contribution in [0, 0.1) is 10.1 Å². The van der Waals surface area contributed by atoms with Crippen molar-refractivity contribution in [2.24, 2.45) is 5.84 Å². The quantitative estimate of drug-likeness (QED) is 0.415. The molecule has 110 valence electrons. The van der Waals surface area contributed by atoms with Crippen molar-refractivity contribution in [2.45, 2.75) is 31.7 Å². The maximum atomic E-state index is 11.0. The fraction of sp³-hybridized carbons (Fsp3) is 0.538. The number of non-ortho nitro benzene ring substituents is 1. The van der Waals surface area contributed by atoms with Gasteiger partial charge in [-0.3, -0.25) is 16.0 Å². The minimum absolute atomic E-state index is 0.0308. The van der Waals surface area contributed by atoms with Crippen LogP contribution >= 0.6 is 0 Å². The van der Waals surface area contributed by atoms with E-state index in [4.69, 9.17) is 10.9 Å². The minimum Gasteiger partial charge on any atom is -0.396 e. The highest BCUT2D eigenvalue weighted by Crippen LogP contribution is 2.32. The summed E-state index contributed by atoms with van der Waals surface area (Å²) < 4.78 is 0. The Morgan fingerprint density at radius 3 is 2.95 bits per heavy atom. The molecule has 1 heterocycles. The summed E-state index contributed by atoms with van der Waals surface area (Å²) in [4.78, 5) is 12.7. The summed E-state index contributed by atoms with van der Waals surface area (Å²) in [6.07, 6.45) is 3.75. The molecule has 7 nitrogen and oxygen atoms in total. The normalized spacial score (nSPS) is 18.3. The number of hydrogen-bond donors (Lipinski definition) is 3. The molecule has 1 unspecified atom stereocenters. The molecule has 1 atom stereocenters. The summed E-state index contributed by atoms with van der Waals surface area (Å²) in [6, 6.07) is 5.15. The molecule has 0 spiro atoms. The van der Waals surface area contributed by atoms with Crippen molar-refractivity contribution in [3.05, 3.63) is 28.3 Å². The Kier molecular flexibility index (Phi) is 4.75. The lowest BCUT2D eigenvalue weighted by molar-refractivity contribution is -0.384. The van der Waals surface area contributed by atoms with Gasteiger partial charge in [-0.2, -0.15) is 0 Å². The van der Waals surface area contributed by atoms with Gasteiger partial charge in [-0.25, -0.2) is 0 Å². The fourth-order valence-electron chi connectivity index (χ4n) is 2.75. The van der Waals surface area contributed by atoms with Crippen molar-refractivity contribution < 1.29 is 10.0 Å². The molecule has 0 aromatic heterocycles. The number of nitrogen functional groups attached to an aromatic ring is 1. The van der Waals surface area contributed by atoms with Gasteiger partial charge in [0.15, 0.2) is 0 Å². The predicted octanol–water partition coefficient (Wildman–Crippen LogP) is 1.62. The van der Waals surface area contributed by atoms with Crippen molar-refractivity contribution in [2.75, 3.05) is 23.5 Å². The van der Waals surface area contributed by atoms with Crippen molar-refractivity contribution >= 4 is 17.1 Å². The third-order valence-corrected chi connectivity index (χ3v) is 3.68. The van der Waals surface area contributed by atoms with Gasteiger partial charge < -0.3 is 15.4 Å². The Hall–Kier alpha value is -1.86. The van der Waals surface area contributed by atoms with E-state index in [2.05, 4.69) is 10.3 Å². The fourth-order valence-corrected chi connectivity index (χ4v) is 2.75. The van der Waals surface area contributed by atoms with Crippen molar-refractivity contribution in [1.82, 2.24) is 0 Å². The Morgan fingerprint density at radius 2 is 2.30 bits per heavy atom. The average molecular weight is 280 g/mol. The second kappa shape index (κ2) is 6.53. The van der Waals surface area contributed by atoms with Gasteiger partial charge in [0.25, 0.3) is 5.69 Å². The van der Waals surface area contributed by atoms with E-state index >= 15 is 0 Å². The van der Waals surface area contributed by atoms with Gasteiger partial charge in [0.2, 0.25) is 0 Å². The molecule has 2 rings (SSSR count). The van der Waals surface area contributed by atoms with E-state index in [1.807, 2.05) is 6.07 Å². The van der Waals surface area contributed by atoms with Crippen LogP contribution in [-0.2, 0) is 0 Å². The molecule has 0 radical (unpaired) electrons. The Labute approximate surface area is 117 Å². The monoisotopic (exact) mass is 280 g/mol. The zero-order valence-electron chi connectivity index (χ0n) is 11.3. The molecule has 1 saturated heterocycles. The Balaban J connectivity index is 2.26. The number of nitrogens with zero attached hydrogens (tertiary/aromatic N) is 2. The van der Waals surface area contributed by atoms with Crippen molar-refractivity contribution in [3.63, 3.8) is 0 Å². The first-order valence-electron chi connectivity index (χ1n) is 6.79. The number of nitrogens with one attached hydrogen (secondary N) is 1. The molecule has 20 heavy (non-hydrogen) atoms. The molecule has 1 aromatic rings. The highest BCUT2D eigenvalue weighted by Gasteiger charge is 2.25. The van der Waals surface area contributed by atoms with E-state index in [0.29, 0.717) is 11.7 Å². The first-order valence-corrected chi connectivity index (χ1v) is 6.79. The smallest absolute Gasteiger partial charge is 0.273 e. The number of rotatable bonds is 6. The molecule has 1 aromatic carbocycles. The Morgan fingerprint density at radius 1 is 1.50 bits per heavy atom. The lowest BCUT2D eigenvalue weighted by atomic mass is 10.1. The van der Waals surface area contributed by atoms with E-state index in [1.54, 1.807) is 6.07 Å². The van der Waals surface area contributed by atoms with E-state index in [1.165, 1.54) is 6.07 Å². The summed E-state index contributed by atoms with van der Waals surface area (Å²) in [5, 5.41) is 19.9. The second-order valence-corrected chi connectivity index (χ2v) is 4.99. The van der Waals surface area contributed by atoms with Crippen molar-refractivity contribution in [3.8, 4) is 0 Å². The van der Waals surface area contributed by atoms with Gasteiger partial charge in [-0.15, -0.1) is 0 Å². The lowest BCUT2D eigenvalue weighted by Gasteiger charge is -2.27. The second-order valence-electron chi connectivity index (χ2n) is 4.99. The number of hydrogen-bond acceptors (Lipinski definition) is 6. The number of nitrogens with two attached hydrogens (primary N) is 1. The minimum atomic E-state index is -0.414. The van der Waals surface area contributed by atoms with Crippen LogP contribution in [0.3, 0.4) is 0 Å². The predicted molar refractivity (Wildman–Crippen MR) is 77.6 cm³/mol. The molecule has 0 bridgehead atoms. The number of nitro groups is 1. The van der Waals surface area contributed by atoms with Gasteiger partial charge in [0.1, 0.15) is 0 Å². The average Bonchev–Trinajstić information content (AvgIpc) is 2.92. The van der Waals surface area contributed by atoms with Crippen molar-refractivity contribution in [1.29, 1.82) is 0 Å². The number of benzene rings is 1. The standard InChI is InChI=1S/C13H20N4O3/c14-15-10-7-12(9-13(8-10)17(19)20)16-5-1-3-11(16)4-2-6-18/h7-9,11,15,18H,1-6,14H2. The number of anilines is 2. The molecule has 1 aliphatic rings. The van der Waals surface area contributed by atoms with Crippen LogP contribution in [0.5, 0.6) is 0 Å². The third kappa shape index (κ3) is 3.17. The maximum Gasteiger partial charge on any atom is 0.273 e. The highest BCUT2D eigenvalue weighted by atomic mass is 16.6. The zero-order valence-corrected chi connectivity index (χ0v) is 11.3. The van der Waals surface area contributed by atoms with Gasteiger partial charge in [-0.05, 0) is 31.7 Å². The zero-order chi connectivity index (χ0) is 14.5. The molecule has 7 heteroatoms. The first kappa shape index (κ1) is 14.5. The molecule has 1 fully saturated rings. The van der Waals surface area contributed by atoms with E-state index in [0.717, 1.165) is 37.9 Å². The molecule has 1 aliphatic heterocycles. The molecule has 0 amide bonds. The van der Waals surface area contributed by atoms with Crippen LogP contribution in [0.1, 0.15) is 25.7 Å². The highest BCUT2D eigenvalue weighted by molar-refractivity contribution is 5.64. The topological polar surface area (TPSA) is 105 Å². The maximum absolute atomic E-state index is 11.0. The lowest BCUT2D eigenvalue weighted by Crippen LogP contribution is -2.29. The van der Waals surface area contributed by atoms with Gasteiger partial charge in [-0.1, -0.05) is 0 Å². The van der Waals surface area contributed by atoms with Crippen LogP contribution < -0.4 is 16.2 Å². The number of aliphatic hydroxyl groups is 1. The molecular weight excluding hydrogens is 260 g/mol.